The molecule has 0 spiro atoms. The molecule has 1 aromatic heterocycles. The average molecular weight is 329 g/mol. The molecule has 1 heterocycles. The zero-order chi connectivity index (χ0) is 14.7. The maximum Gasteiger partial charge on any atom is 0.0976 e. The molecule has 0 aliphatic heterocycles. The first kappa shape index (κ1) is 15.8. The van der Waals surface area contributed by atoms with Crippen LogP contribution in [0.15, 0.2) is 18.2 Å². The van der Waals surface area contributed by atoms with Gasteiger partial charge in [-0.25, -0.2) is 4.98 Å². The summed E-state index contributed by atoms with van der Waals surface area (Å²) in [5, 5.41) is 5.67. The number of benzene rings is 1. The molecule has 0 amide bonds. The van der Waals surface area contributed by atoms with Gasteiger partial charge in [0.15, 0.2) is 0 Å². The maximum atomic E-state index is 6.23. The Morgan fingerprint density at radius 2 is 2.05 bits per heavy atom. The Morgan fingerprint density at radius 1 is 1.30 bits per heavy atom. The van der Waals surface area contributed by atoms with Gasteiger partial charge >= 0.3 is 0 Å². The van der Waals surface area contributed by atoms with Gasteiger partial charge < -0.3 is 5.32 Å². The van der Waals surface area contributed by atoms with Crippen LogP contribution in [0.4, 0.5) is 0 Å². The fourth-order valence-corrected chi connectivity index (χ4v) is 3.79. The molecule has 0 bridgehead atoms. The summed E-state index contributed by atoms with van der Waals surface area (Å²) in [4.78, 5) is 6.08. The van der Waals surface area contributed by atoms with Gasteiger partial charge in [0.25, 0.3) is 0 Å². The van der Waals surface area contributed by atoms with E-state index in [4.69, 9.17) is 28.2 Å². The molecule has 2 nitrogen and oxygen atoms in total. The first-order chi connectivity index (χ1) is 9.51. The van der Waals surface area contributed by atoms with E-state index >= 15 is 0 Å². The van der Waals surface area contributed by atoms with E-state index in [1.807, 2.05) is 19.2 Å². The van der Waals surface area contributed by atoms with E-state index in [1.54, 1.807) is 17.4 Å². The van der Waals surface area contributed by atoms with Crippen LogP contribution in [0.2, 0.25) is 10.0 Å². The Bertz CT molecular complexity index is 594. The van der Waals surface area contributed by atoms with Crippen molar-refractivity contribution in [3.63, 3.8) is 0 Å². The number of aromatic nitrogens is 1. The normalized spacial score (nSPS) is 11.3. The standard InChI is InChI=1S/C15H18Cl2N2S/c1-9(2)15-13(8-18-3)20-14(19-15)6-10-4-5-11(16)7-12(10)17/h4-5,7,9,18H,6,8H2,1-3H3. The van der Waals surface area contributed by atoms with Crippen molar-refractivity contribution < 1.29 is 0 Å². The van der Waals surface area contributed by atoms with Crippen LogP contribution in [0.25, 0.3) is 0 Å². The zero-order valence-corrected chi connectivity index (χ0v) is 14.2. The number of thiazole rings is 1. The van der Waals surface area contributed by atoms with Crippen molar-refractivity contribution in [2.45, 2.75) is 32.7 Å². The van der Waals surface area contributed by atoms with Crippen molar-refractivity contribution in [1.29, 1.82) is 0 Å². The van der Waals surface area contributed by atoms with Gasteiger partial charge in [-0.1, -0.05) is 43.1 Å². The molecule has 0 radical (unpaired) electrons. The van der Waals surface area contributed by atoms with Gasteiger partial charge in [0.05, 0.1) is 10.7 Å². The lowest BCUT2D eigenvalue weighted by Gasteiger charge is -2.03. The maximum absolute atomic E-state index is 6.23. The molecule has 5 heteroatoms. The molecule has 0 saturated heterocycles. The molecular formula is C15H18Cl2N2S. The monoisotopic (exact) mass is 328 g/mol. The summed E-state index contributed by atoms with van der Waals surface area (Å²) in [7, 11) is 1.96. The summed E-state index contributed by atoms with van der Waals surface area (Å²) in [5.41, 5.74) is 2.25. The highest BCUT2D eigenvalue weighted by atomic mass is 35.5. The van der Waals surface area contributed by atoms with Crippen LogP contribution in [0, 0.1) is 0 Å². The smallest absolute Gasteiger partial charge is 0.0976 e. The number of rotatable bonds is 5. The molecule has 0 saturated carbocycles. The highest BCUT2D eigenvalue weighted by Crippen LogP contribution is 2.29. The topological polar surface area (TPSA) is 24.9 Å². The first-order valence-electron chi connectivity index (χ1n) is 6.58. The quantitative estimate of drug-likeness (QED) is 0.845. The Labute approximate surface area is 134 Å². The number of nitrogens with one attached hydrogen (secondary N) is 1. The van der Waals surface area contributed by atoms with E-state index in [9.17, 15) is 0 Å². The van der Waals surface area contributed by atoms with Crippen LogP contribution in [0.1, 0.15) is 40.9 Å². The second-order valence-electron chi connectivity index (χ2n) is 5.01. The summed E-state index contributed by atoms with van der Waals surface area (Å²) in [6, 6.07) is 5.62. The van der Waals surface area contributed by atoms with E-state index in [2.05, 4.69) is 19.2 Å². The minimum atomic E-state index is 0.434. The van der Waals surface area contributed by atoms with Gasteiger partial charge in [-0.3, -0.25) is 0 Å². The Balaban J connectivity index is 2.27. The lowest BCUT2D eigenvalue weighted by molar-refractivity contribution is 0.768. The largest absolute Gasteiger partial charge is 0.315 e. The fourth-order valence-electron chi connectivity index (χ4n) is 2.06. The number of nitrogens with zero attached hydrogens (tertiary/aromatic N) is 1. The molecule has 108 valence electrons. The summed E-state index contributed by atoms with van der Waals surface area (Å²) in [6.45, 7) is 5.21. The van der Waals surface area contributed by atoms with E-state index in [-0.39, 0.29) is 0 Å². The molecule has 0 aliphatic rings. The van der Waals surface area contributed by atoms with E-state index < -0.39 is 0 Å². The molecule has 1 N–H and O–H groups in total. The third kappa shape index (κ3) is 3.73. The minimum Gasteiger partial charge on any atom is -0.315 e. The minimum absolute atomic E-state index is 0.434. The second-order valence-corrected chi connectivity index (χ2v) is 7.03. The fraction of sp³-hybridized carbons (Fsp3) is 0.400. The molecular weight excluding hydrogens is 311 g/mol. The molecule has 1 aromatic carbocycles. The number of hydrogen-bond donors (Lipinski definition) is 1. The van der Waals surface area contributed by atoms with Gasteiger partial charge in [0.2, 0.25) is 0 Å². The van der Waals surface area contributed by atoms with Gasteiger partial charge in [-0.15, -0.1) is 11.3 Å². The van der Waals surface area contributed by atoms with Gasteiger partial charge in [-0.05, 0) is 30.7 Å². The molecule has 0 unspecified atom stereocenters. The van der Waals surface area contributed by atoms with E-state index in [1.165, 1.54) is 10.6 Å². The number of halogens is 2. The lowest BCUT2D eigenvalue weighted by atomic mass is 10.1. The third-order valence-corrected chi connectivity index (χ3v) is 4.67. The molecule has 2 rings (SSSR count). The Kier molecular flexibility index (Phi) is 5.44. The summed E-state index contributed by atoms with van der Waals surface area (Å²) in [6.07, 6.45) is 0.754. The molecule has 0 aliphatic carbocycles. The number of hydrogen-bond acceptors (Lipinski definition) is 3. The molecule has 0 atom stereocenters. The van der Waals surface area contributed by atoms with Crippen LogP contribution < -0.4 is 5.32 Å². The molecule has 2 aromatic rings. The lowest BCUT2D eigenvalue weighted by Crippen LogP contribution is -2.06. The van der Waals surface area contributed by atoms with Crippen molar-refractivity contribution in [1.82, 2.24) is 10.3 Å². The predicted molar refractivity (Wildman–Crippen MR) is 88.2 cm³/mol. The van der Waals surface area contributed by atoms with Gasteiger partial charge in [-0.2, -0.15) is 0 Å². The zero-order valence-electron chi connectivity index (χ0n) is 11.8. The van der Waals surface area contributed by atoms with Gasteiger partial charge in [0, 0.05) is 27.9 Å². The highest BCUT2D eigenvalue weighted by molar-refractivity contribution is 7.11. The van der Waals surface area contributed by atoms with Crippen LogP contribution in [0.5, 0.6) is 0 Å². The van der Waals surface area contributed by atoms with Crippen LogP contribution >= 0.6 is 34.5 Å². The second kappa shape index (κ2) is 6.90. The SMILES string of the molecule is CNCc1sc(Cc2ccc(Cl)cc2Cl)nc1C(C)C. The van der Waals surface area contributed by atoms with E-state index in [0.717, 1.165) is 23.5 Å². The van der Waals surface area contributed by atoms with Crippen molar-refractivity contribution >= 4 is 34.5 Å². The summed E-state index contributed by atoms with van der Waals surface area (Å²) >= 11 is 13.9. The molecule has 20 heavy (non-hydrogen) atoms. The van der Waals surface area contributed by atoms with Crippen molar-refractivity contribution in [2.24, 2.45) is 0 Å². The summed E-state index contributed by atoms with van der Waals surface area (Å²) in [5.74, 6) is 0.434. The average Bonchev–Trinajstić information content (AvgIpc) is 2.76. The Hall–Kier alpha value is -0.610. The van der Waals surface area contributed by atoms with Crippen LogP contribution in [0.3, 0.4) is 0 Å². The van der Waals surface area contributed by atoms with E-state index in [0.29, 0.717) is 16.0 Å². The van der Waals surface area contributed by atoms with Crippen LogP contribution in [-0.2, 0) is 13.0 Å². The van der Waals surface area contributed by atoms with Crippen LogP contribution in [-0.4, -0.2) is 12.0 Å². The highest BCUT2D eigenvalue weighted by Gasteiger charge is 2.14. The van der Waals surface area contributed by atoms with Crippen molar-refractivity contribution in [3.05, 3.63) is 49.4 Å². The Morgan fingerprint density at radius 3 is 2.65 bits per heavy atom. The van der Waals surface area contributed by atoms with Crippen molar-refractivity contribution in [3.8, 4) is 0 Å². The van der Waals surface area contributed by atoms with Gasteiger partial charge in [0.1, 0.15) is 0 Å². The predicted octanol–water partition coefficient (Wildman–Crippen LogP) is 4.88. The first-order valence-corrected chi connectivity index (χ1v) is 8.15. The van der Waals surface area contributed by atoms with Crippen molar-refractivity contribution in [2.75, 3.05) is 7.05 Å². The third-order valence-electron chi connectivity index (χ3n) is 3.01. The molecule has 0 fully saturated rings. The summed E-state index contributed by atoms with van der Waals surface area (Å²) < 4.78 is 0.